The molecule has 0 aliphatic rings. The van der Waals surface area contributed by atoms with Crippen molar-refractivity contribution in [1.29, 1.82) is 0 Å². The van der Waals surface area contributed by atoms with Crippen LogP contribution in [0.2, 0.25) is 0 Å². The summed E-state index contributed by atoms with van der Waals surface area (Å²) in [6.45, 7) is 6.55. The van der Waals surface area contributed by atoms with Crippen molar-refractivity contribution in [3.8, 4) is 0 Å². The third-order valence-electron chi connectivity index (χ3n) is 11.5. The monoisotopic (exact) mass is 881 g/mol. The molecule has 0 aliphatic carbocycles. The van der Waals surface area contributed by atoms with Gasteiger partial charge in [-0.1, -0.05) is 204 Å². The van der Waals surface area contributed by atoms with Gasteiger partial charge in [-0.25, -0.2) is 0 Å². The van der Waals surface area contributed by atoms with Crippen molar-refractivity contribution in [3.63, 3.8) is 0 Å². The smallest absolute Gasteiger partial charge is 0.306 e. The number of carbonyl (C=O) groups excluding carboxylic acids is 3. The van der Waals surface area contributed by atoms with Crippen LogP contribution in [0.5, 0.6) is 0 Å². The zero-order valence-corrected chi connectivity index (χ0v) is 41.6. The average Bonchev–Trinajstić information content (AvgIpc) is 3.28. The van der Waals surface area contributed by atoms with Gasteiger partial charge in [-0.15, -0.1) is 0 Å². The van der Waals surface area contributed by atoms with Crippen LogP contribution in [0, 0.1) is 0 Å². The molecule has 63 heavy (non-hydrogen) atoms. The zero-order valence-electron chi connectivity index (χ0n) is 41.6. The Balaban J connectivity index is 4.38. The van der Waals surface area contributed by atoms with E-state index >= 15 is 0 Å². The van der Waals surface area contributed by atoms with Crippen LogP contribution in [0.3, 0.4) is 0 Å². The van der Waals surface area contributed by atoms with E-state index in [1.54, 1.807) is 0 Å². The Morgan fingerprint density at radius 2 is 0.587 bits per heavy atom. The summed E-state index contributed by atoms with van der Waals surface area (Å²) < 4.78 is 16.8. The molecule has 6 heteroatoms. The Kier molecular flexibility index (Phi) is 49.4. The number of hydrogen-bond donors (Lipinski definition) is 0. The van der Waals surface area contributed by atoms with Gasteiger partial charge in [-0.2, -0.15) is 0 Å². The van der Waals surface area contributed by atoms with Crippen molar-refractivity contribution >= 4 is 17.9 Å². The summed E-state index contributed by atoms with van der Waals surface area (Å²) >= 11 is 0. The molecule has 0 aromatic heterocycles. The van der Waals surface area contributed by atoms with Gasteiger partial charge >= 0.3 is 17.9 Å². The van der Waals surface area contributed by atoms with Crippen LogP contribution < -0.4 is 0 Å². The molecule has 0 aliphatic heterocycles. The molecule has 0 bridgehead atoms. The fourth-order valence-electron chi connectivity index (χ4n) is 7.37. The highest BCUT2D eigenvalue weighted by Gasteiger charge is 2.19. The SMILES string of the molecule is CCCC/C=C\CCCCCCCC(=O)OC[C@H](COC(=O)CCCCCCCC/C=C\C/C=C\C/C=C\CCCCC)OC(=O)CCCCCCC/C=C\CCCCCCCC. The molecule has 0 spiro atoms. The van der Waals surface area contributed by atoms with Gasteiger partial charge < -0.3 is 14.2 Å². The van der Waals surface area contributed by atoms with Crippen LogP contribution in [0.15, 0.2) is 60.8 Å². The first-order valence-electron chi connectivity index (χ1n) is 26.8. The van der Waals surface area contributed by atoms with Crippen LogP contribution in [-0.4, -0.2) is 37.2 Å². The van der Waals surface area contributed by atoms with E-state index in [1.807, 2.05) is 0 Å². The van der Waals surface area contributed by atoms with Crippen molar-refractivity contribution in [1.82, 2.24) is 0 Å². The van der Waals surface area contributed by atoms with E-state index in [9.17, 15) is 14.4 Å². The van der Waals surface area contributed by atoms with Crippen molar-refractivity contribution in [3.05, 3.63) is 60.8 Å². The fourth-order valence-corrected chi connectivity index (χ4v) is 7.37. The van der Waals surface area contributed by atoms with Gasteiger partial charge in [-0.05, 0) is 103 Å². The van der Waals surface area contributed by atoms with Gasteiger partial charge in [-0.3, -0.25) is 14.4 Å². The molecular formula is C57H100O6. The van der Waals surface area contributed by atoms with Crippen LogP contribution in [-0.2, 0) is 28.6 Å². The van der Waals surface area contributed by atoms with E-state index in [2.05, 4.69) is 81.5 Å². The normalized spacial score (nSPS) is 12.5. The molecule has 0 unspecified atom stereocenters. The summed E-state index contributed by atoms with van der Waals surface area (Å²) in [5.41, 5.74) is 0. The van der Waals surface area contributed by atoms with Gasteiger partial charge in [0.1, 0.15) is 13.2 Å². The van der Waals surface area contributed by atoms with Gasteiger partial charge in [0.25, 0.3) is 0 Å². The Labute approximate surface area is 390 Å². The zero-order chi connectivity index (χ0) is 45.8. The number of rotatable bonds is 48. The highest BCUT2D eigenvalue weighted by molar-refractivity contribution is 5.71. The van der Waals surface area contributed by atoms with Crippen LogP contribution in [0.25, 0.3) is 0 Å². The van der Waals surface area contributed by atoms with E-state index in [0.717, 1.165) is 96.3 Å². The number of esters is 3. The Morgan fingerprint density at radius 1 is 0.317 bits per heavy atom. The van der Waals surface area contributed by atoms with Crippen molar-refractivity contribution in [2.45, 2.75) is 271 Å². The van der Waals surface area contributed by atoms with Crippen molar-refractivity contribution in [2.24, 2.45) is 0 Å². The molecule has 0 amide bonds. The molecule has 1 atom stereocenters. The summed E-state index contributed by atoms with van der Waals surface area (Å²) in [6.07, 6.45) is 63.4. The molecule has 0 heterocycles. The maximum atomic E-state index is 12.8. The predicted molar refractivity (Wildman–Crippen MR) is 270 cm³/mol. The number of hydrogen-bond acceptors (Lipinski definition) is 6. The van der Waals surface area contributed by atoms with Gasteiger partial charge in [0, 0.05) is 19.3 Å². The minimum atomic E-state index is -0.786. The highest BCUT2D eigenvalue weighted by atomic mass is 16.6. The summed E-state index contributed by atoms with van der Waals surface area (Å²) in [6, 6.07) is 0. The second-order valence-corrected chi connectivity index (χ2v) is 17.8. The third kappa shape index (κ3) is 50.0. The largest absolute Gasteiger partial charge is 0.462 e. The van der Waals surface area contributed by atoms with Gasteiger partial charge in [0.2, 0.25) is 0 Å². The van der Waals surface area contributed by atoms with Crippen LogP contribution >= 0.6 is 0 Å². The van der Waals surface area contributed by atoms with Crippen LogP contribution in [0.4, 0.5) is 0 Å². The Hall–Kier alpha value is -2.89. The van der Waals surface area contributed by atoms with E-state index in [0.29, 0.717) is 19.3 Å². The standard InChI is InChI=1S/C57H100O6/c1-4-7-10-13-16-19-22-24-26-27-28-29-31-32-35-38-41-44-47-50-56(59)62-53-54(52-61-55(58)49-46-43-40-37-34-21-18-15-12-9-6-3)63-57(60)51-48-45-42-39-36-33-30-25-23-20-17-14-11-8-5-2/h15-16,18-19,24-26,28-30,54H,4-14,17,20-23,27,31-53H2,1-3H3/b18-15-,19-16-,26-24-,29-28-,30-25-/t54-/m1/s1. The van der Waals surface area contributed by atoms with Gasteiger partial charge in [0.05, 0.1) is 0 Å². The van der Waals surface area contributed by atoms with E-state index in [4.69, 9.17) is 14.2 Å². The first kappa shape index (κ1) is 60.1. The predicted octanol–water partition coefficient (Wildman–Crippen LogP) is 17.6. The molecule has 0 saturated heterocycles. The lowest BCUT2D eigenvalue weighted by Gasteiger charge is -2.18. The summed E-state index contributed by atoms with van der Waals surface area (Å²) in [4.78, 5) is 38.0. The third-order valence-corrected chi connectivity index (χ3v) is 11.5. The first-order chi connectivity index (χ1) is 31.0. The van der Waals surface area contributed by atoms with Gasteiger partial charge in [0.15, 0.2) is 6.10 Å². The molecule has 6 nitrogen and oxygen atoms in total. The minimum absolute atomic E-state index is 0.0860. The molecular weight excluding hydrogens is 781 g/mol. The second-order valence-electron chi connectivity index (χ2n) is 17.8. The highest BCUT2D eigenvalue weighted by Crippen LogP contribution is 2.14. The first-order valence-corrected chi connectivity index (χ1v) is 26.8. The average molecular weight is 881 g/mol. The van der Waals surface area contributed by atoms with E-state index in [-0.39, 0.29) is 31.1 Å². The Morgan fingerprint density at radius 3 is 0.984 bits per heavy atom. The summed E-state index contributed by atoms with van der Waals surface area (Å²) in [5, 5.41) is 0. The quantitative estimate of drug-likeness (QED) is 0.0262. The molecule has 0 N–H and O–H groups in total. The lowest BCUT2D eigenvalue weighted by molar-refractivity contribution is -0.167. The molecule has 0 rings (SSSR count). The second kappa shape index (κ2) is 51.7. The van der Waals surface area contributed by atoms with Crippen LogP contribution in [0.1, 0.15) is 265 Å². The molecule has 0 saturated carbocycles. The number of unbranched alkanes of at least 4 members (excludes halogenated alkanes) is 27. The lowest BCUT2D eigenvalue weighted by atomic mass is 10.1. The maximum Gasteiger partial charge on any atom is 0.306 e. The van der Waals surface area contributed by atoms with E-state index in [1.165, 1.54) is 128 Å². The van der Waals surface area contributed by atoms with E-state index < -0.39 is 6.10 Å². The molecule has 0 radical (unpaired) electrons. The number of carbonyl (C=O) groups is 3. The summed E-state index contributed by atoms with van der Waals surface area (Å²) in [5.74, 6) is -0.911. The molecule has 364 valence electrons. The maximum absolute atomic E-state index is 12.8. The molecule has 0 aromatic rings. The molecule has 0 aromatic carbocycles. The molecule has 0 fully saturated rings. The van der Waals surface area contributed by atoms with Crippen molar-refractivity contribution < 1.29 is 28.6 Å². The van der Waals surface area contributed by atoms with Crippen molar-refractivity contribution in [2.75, 3.05) is 13.2 Å². The number of ether oxygens (including phenoxy) is 3. The minimum Gasteiger partial charge on any atom is -0.462 e. The summed E-state index contributed by atoms with van der Waals surface area (Å²) in [7, 11) is 0. The topological polar surface area (TPSA) is 78.9 Å². The Bertz CT molecular complexity index is 1150. The fraction of sp³-hybridized carbons (Fsp3) is 0.772. The number of allylic oxidation sites excluding steroid dienone is 10. The lowest BCUT2D eigenvalue weighted by Crippen LogP contribution is -2.30.